The zero-order valence-corrected chi connectivity index (χ0v) is 9.34. The molecule has 0 aliphatic carbocycles. The number of methoxy groups -OCH3 is 1. The van der Waals surface area contributed by atoms with Gasteiger partial charge in [0.15, 0.2) is 0 Å². The quantitative estimate of drug-likeness (QED) is 0.622. The molecule has 4 nitrogen and oxygen atoms in total. The minimum atomic E-state index is -0.600. The second kappa shape index (κ2) is 3.91. The molecule has 0 saturated carbocycles. The lowest BCUT2D eigenvalue weighted by atomic mass is 10.1. The molecule has 1 N–H and O–H groups in total. The molecule has 1 aromatic rings. The number of ether oxygens (including phenoxy) is 1. The van der Waals surface area contributed by atoms with E-state index in [9.17, 15) is 9.59 Å². The normalized spacial score (nSPS) is 9.77. The molecule has 1 rings (SSSR count). The second-order valence-corrected chi connectivity index (χ2v) is 3.62. The summed E-state index contributed by atoms with van der Waals surface area (Å²) in [6.07, 6.45) is 1.56. The molecule has 0 saturated heterocycles. The third-order valence-electron chi connectivity index (χ3n) is 1.68. The van der Waals surface area contributed by atoms with Crippen LogP contribution in [0.4, 0.5) is 0 Å². The van der Waals surface area contributed by atoms with E-state index in [1.54, 1.807) is 13.1 Å². The standard InChI is InChI=1S/C8H8INO3/c1-4-5(9)3-10-7(11)6(4)8(12)13-2/h3H,1-2H3,(H,10,11). The van der Waals surface area contributed by atoms with Crippen LogP contribution in [0.25, 0.3) is 0 Å². The molecule has 0 fully saturated rings. The van der Waals surface area contributed by atoms with Gasteiger partial charge in [-0.15, -0.1) is 0 Å². The Balaban J connectivity index is 3.42. The molecule has 5 heteroatoms. The highest BCUT2D eigenvalue weighted by Crippen LogP contribution is 2.11. The lowest BCUT2D eigenvalue weighted by Gasteiger charge is -2.03. The van der Waals surface area contributed by atoms with Crippen molar-refractivity contribution in [2.45, 2.75) is 6.92 Å². The first-order valence-electron chi connectivity index (χ1n) is 3.54. The SMILES string of the molecule is COC(=O)c1c(C)c(I)c[nH]c1=O. The molecule has 0 aliphatic heterocycles. The summed E-state index contributed by atoms with van der Waals surface area (Å²) in [6.45, 7) is 1.71. The van der Waals surface area contributed by atoms with Gasteiger partial charge in [0.1, 0.15) is 5.56 Å². The van der Waals surface area contributed by atoms with Crippen LogP contribution >= 0.6 is 22.6 Å². The van der Waals surface area contributed by atoms with Crippen LogP contribution in [0.2, 0.25) is 0 Å². The number of esters is 1. The highest BCUT2D eigenvalue weighted by molar-refractivity contribution is 14.1. The van der Waals surface area contributed by atoms with E-state index < -0.39 is 11.5 Å². The summed E-state index contributed by atoms with van der Waals surface area (Å²) >= 11 is 2.04. The Labute approximate surface area is 88.4 Å². The van der Waals surface area contributed by atoms with Gasteiger partial charge in [-0.3, -0.25) is 4.79 Å². The van der Waals surface area contributed by atoms with Crippen molar-refractivity contribution in [3.8, 4) is 0 Å². The van der Waals surface area contributed by atoms with E-state index in [0.29, 0.717) is 5.56 Å². The Morgan fingerprint density at radius 2 is 2.23 bits per heavy atom. The van der Waals surface area contributed by atoms with Crippen LogP contribution < -0.4 is 5.56 Å². The molecule has 0 unspecified atom stereocenters. The number of carbonyl (C=O) groups excluding carboxylic acids is 1. The average molecular weight is 293 g/mol. The molecule has 0 amide bonds. The minimum absolute atomic E-state index is 0.0781. The summed E-state index contributed by atoms with van der Waals surface area (Å²) < 4.78 is 5.32. The van der Waals surface area contributed by atoms with Gasteiger partial charge in [0.25, 0.3) is 5.56 Å². The highest BCUT2D eigenvalue weighted by atomic mass is 127. The number of halogens is 1. The average Bonchev–Trinajstić information content (AvgIpc) is 2.12. The Morgan fingerprint density at radius 1 is 1.62 bits per heavy atom. The van der Waals surface area contributed by atoms with Crippen LogP contribution in [0, 0.1) is 10.5 Å². The van der Waals surface area contributed by atoms with Gasteiger partial charge in [-0.1, -0.05) is 0 Å². The highest BCUT2D eigenvalue weighted by Gasteiger charge is 2.15. The van der Waals surface area contributed by atoms with Gasteiger partial charge >= 0.3 is 5.97 Å². The number of H-pyrrole nitrogens is 1. The summed E-state index contributed by atoms with van der Waals surface area (Å²) in [7, 11) is 1.25. The van der Waals surface area contributed by atoms with Gasteiger partial charge in [-0.05, 0) is 35.1 Å². The fraction of sp³-hybridized carbons (Fsp3) is 0.250. The zero-order valence-electron chi connectivity index (χ0n) is 7.18. The predicted octanol–water partition coefficient (Wildman–Crippen LogP) is 1.07. The number of aromatic nitrogens is 1. The molecule has 13 heavy (non-hydrogen) atoms. The van der Waals surface area contributed by atoms with Crippen LogP contribution in [-0.4, -0.2) is 18.1 Å². The maximum Gasteiger partial charge on any atom is 0.343 e. The third kappa shape index (κ3) is 1.90. The van der Waals surface area contributed by atoms with Crippen molar-refractivity contribution in [3.05, 3.63) is 31.2 Å². The first kappa shape index (κ1) is 10.2. The molecule has 0 radical (unpaired) electrons. The minimum Gasteiger partial charge on any atom is -0.465 e. The van der Waals surface area contributed by atoms with Gasteiger partial charge in [-0.25, -0.2) is 4.79 Å². The topological polar surface area (TPSA) is 59.2 Å². The number of pyridine rings is 1. The van der Waals surface area contributed by atoms with Crippen molar-refractivity contribution >= 4 is 28.6 Å². The predicted molar refractivity (Wildman–Crippen MR) is 55.9 cm³/mol. The van der Waals surface area contributed by atoms with Crippen molar-refractivity contribution in [2.24, 2.45) is 0 Å². The molecule has 0 bridgehead atoms. The Bertz CT molecular complexity index is 397. The molecular formula is C8H8INO3. The summed E-state index contributed by atoms with van der Waals surface area (Å²) in [5, 5.41) is 0. The van der Waals surface area contributed by atoms with Gasteiger partial charge in [0.05, 0.1) is 7.11 Å². The second-order valence-electron chi connectivity index (χ2n) is 2.46. The molecule has 0 aromatic carbocycles. The Morgan fingerprint density at radius 3 is 2.77 bits per heavy atom. The third-order valence-corrected chi connectivity index (χ3v) is 2.80. The molecule has 70 valence electrons. The van der Waals surface area contributed by atoms with E-state index in [2.05, 4.69) is 9.72 Å². The maximum absolute atomic E-state index is 11.2. The van der Waals surface area contributed by atoms with Crippen molar-refractivity contribution in [1.29, 1.82) is 0 Å². The fourth-order valence-corrected chi connectivity index (χ4v) is 1.37. The lowest BCUT2D eigenvalue weighted by Crippen LogP contribution is -2.21. The number of hydrogen-bond donors (Lipinski definition) is 1. The van der Waals surface area contributed by atoms with Crippen LogP contribution in [0.5, 0.6) is 0 Å². The Kier molecular flexibility index (Phi) is 3.07. The number of carbonyl (C=O) groups is 1. The van der Waals surface area contributed by atoms with Crippen molar-refractivity contribution < 1.29 is 9.53 Å². The molecule has 0 atom stereocenters. The molecule has 0 aliphatic rings. The maximum atomic E-state index is 11.2. The number of hydrogen-bond acceptors (Lipinski definition) is 3. The number of rotatable bonds is 1. The summed E-state index contributed by atoms with van der Waals surface area (Å²) in [5.74, 6) is -0.600. The van der Waals surface area contributed by atoms with Crippen molar-refractivity contribution in [1.82, 2.24) is 4.98 Å². The van der Waals surface area contributed by atoms with E-state index >= 15 is 0 Å². The fourth-order valence-electron chi connectivity index (χ4n) is 0.947. The first-order chi connectivity index (χ1) is 6.07. The van der Waals surface area contributed by atoms with Gasteiger partial charge in [0.2, 0.25) is 0 Å². The van der Waals surface area contributed by atoms with Crippen LogP contribution in [0.15, 0.2) is 11.0 Å². The lowest BCUT2D eigenvalue weighted by molar-refractivity contribution is 0.0597. The first-order valence-corrected chi connectivity index (χ1v) is 4.62. The molecule has 0 spiro atoms. The van der Waals surface area contributed by atoms with E-state index in [4.69, 9.17) is 0 Å². The zero-order chi connectivity index (χ0) is 10.0. The summed E-state index contributed by atoms with van der Waals surface area (Å²) in [4.78, 5) is 24.9. The van der Waals surface area contributed by atoms with Crippen molar-refractivity contribution in [2.75, 3.05) is 7.11 Å². The van der Waals surface area contributed by atoms with E-state index in [1.807, 2.05) is 22.6 Å². The van der Waals surface area contributed by atoms with Crippen LogP contribution in [-0.2, 0) is 4.74 Å². The van der Waals surface area contributed by atoms with E-state index in [0.717, 1.165) is 3.57 Å². The summed E-state index contributed by atoms with van der Waals surface area (Å²) in [6, 6.07) is 0. The van der Waals surface area contributed by atoms with E-state index in [1.165, 1.54) is 7.11 Å². The van der Waals surface area contributed by atoms with Gasteiger partial charge in [-0.2, -0.15) is 0 Å². The number of nitrogens with one attached hydrogen (secondary N) is 1. The largest absolute Gasteiger partial charge is 0.465 e. The molecular weight excluding hydrogens is 285 g/mol. The van der Waals surface area contributed by atoms with Gasteiger partial charge in [0, 0.05) is 9.77 Å². The Hall–Kier alpha value is -0.850. The van der Waals surface area contributed by atoms with Crippen LogP contribution in [0.1, 0.15) is 15.9 Å². The smallest absolute Gasteiger partial charge is 0.343 e. The summed E-state index contributed by atoms with van der Waals surface area (Å²) in [5.41, 5.74) is 0.315. The monoisotopic (exact) mass is 293 g/mol. The number of aromatic amines is 1. The van der Waals surface area contributed by atoms with Crippen LogP contribution in [0.3, 0.4) is 0 Å². The van der Waals surface area contributed by atoms with E-state index in [-0.39, 0.29) is 5.56 Å². The molecule has 1 aromatic heterocycles. The van der Waals surface area contributed by atoms with Crippen molar-refractivity contribution in [3.63, 3.8) is 0 Å². The van der Waals surface area contributed by atoms with Gasteiger partial charge < -0.3 is 9.72 Å². The molecule has 1 heterocycles.